The zero-order valence-electron chi connectivity index (χ0n) is 20.9. The fourth-order valence-electron chi connectivity index (χ4n) is 3.46. The Bertz CT molecular complexity index is 1290. The second-order valence-corrected chi connectivity index (χ2v) is 9.64. The van der Waals surface area contributed by atoms with Crippen molar-refractivity contribution in [3.05, 3.63) is 52.6 Å². The first-order valence-electron chi connectivity index (χ1n) is 11.7. The monoisotopic (exact) mass is 542 g/mol. The molecule has 2 heterocycles. The van der Waals surface area contributed by atoms with E-state index in [1.807, 2.05) is 45.0 Å². The van der Waals surface area contributed by atoms with E-state index in [-0.39, 0.29) is 23.9 Å². The minimum atomic E-state index is -0.506. The van der Waals surface area contributed by atoms with Gasteiger partial charge in [-0.15, -0.1) is 0 Å². The number of aliphatic imine (C=N–C) groups is 1. The van der Waals surface area contributed by atoms with Gasteiger partial charge in [0.1, 0.15) is 29.8 Å². The maximum Gasteiger partial charge on any atom is 0.283 e. The Balaban J connectivity index is 1.49. The maximum absolute atomic E-state index is 12.7. The van der Waals surface area contributed by atoms with Crippen molar-refractivity contribution in [2.24, 2.45) is 16.0 Å². The molecule has 11 heteroatoms. The number of hydrogen-bond donors (Lipinski definition) is 1. The van der Waals surface area contributed by atoms with E-state index >= 15 is 0 Å². The lowest BCUT2D eigenvalue weighted by molar-refractivity contribution is -0.114. The Morgan fingerprint density at radius 3 is 2.49 bits per heavy atom. The van der Waals surface area contributed by atoms with Gasteiger partial charge in [-0.05, 0) is 66.7 Å². The average Bonchev–Trinajstić information content (AvgIpc) is 3.31. The third kappa shape index (κ3) is 6.08. The molecule has 2 aliphatic rings. The Hall–Kier alpha value is -3.50. The van der Waals surface area contributed by atoms with Crippen LogP contribution >= 0.6 is 23.4 Å². The van der Waals surface area contributed by atoms with Crippen molar-refractivity contribution in [1.82, 2.24) is 5.01 Å². The Labute approximate surface area is 224 Å². The smallest absolute Gasteiger partial charge is 0.283 e. The van der Waals surface area contributed by atoms with E-state index in [0.29, 0.717) is 46.2 Å². The summed E-state index contributed by atoms with van der Waals surface area (Å²) in [5, 5.41) is 15.9. The van der Waals surface area contributed by atoms with Crippen LogP contribution in [0.2, 0.25) is 5.02 Å². The summed E-state index contributed by atoms with van der Waals surface area (Å²) in [4.78, 5) is 16.8. The number of hydrogen-bond acceptors (Lipinski definition) is 8. The molecule has 0 fully saturated rings. The van der Waals surface area contributed by atoms with Crippen LogP contribution in [0.3, 0.4) is 0 Å². The number of carbonyl (C=O) groups is 1. The Morgan fingerprint density at radius 1 is 1.11 bits per heavy atom. The van der Waals surface area contributed by atoms with Gasteiger partial charge in [-0.3, -0.25) is 10.2 Å². The minimum absolute atomic E-state index is 0.0387. The number of amides is 1. The molecule has 2 aromatic rings. The number of benzene rings is 2. The van der Waals surface area contributed by atoms with Crippen LogP contribution in [0, 0.1) is 11.3 Å². The minimum Gasteiger partial charge on any atom is -0.497 e. The van der Waals surface area contributed by atoms with E-state index in [1.54, 1.807) is 25.3 Å². The van der Waals surface area contributed by atoms with Crippen LogP contribution in [-0.2, 0) is 4.79 Å². The van der Waals surface area contributed by atoms with E-state index < -0.39 is 5.91 Å². The number of fused-ring (bicyclic) bond motifs is 1. The maximum atomic E-state index is 12.7. The molecule has 0 saturated heterocycles. The lowest BCUT2D eigenvalue weighted by Crippen LogP contribution is -2.35. The fraction of sp³-hybridized carbons (Fsp3) is 0.308. The van der Waals surface area contributed by atoms with Gasteiger partial charge in [0.25, 0.3) is 5.91 Å². The number of nitrogens with zero attached hydrogens (tertiary/aromatic N) is 3. The van der Waals surface area contributed by atoms with Gasteiger partial charge in [0, 0.05) is 5.92 Å². The molecular weight excluding hydrogens is 516 g/mol. The molecule has 0 spiro atoms. The molecule has 0 aromatic heterocycles. The zero-order chi connectivity index (χ0) is 26.5. The van der Waals surface area contributed by atoms with Crippen LogP contribution in [0.15, 0.2) is 52.1 Å². The molecule has 0 aliphatic carbocycles. The molecule has 0 unspecified atom stereocenters. The molecule has 194 valence electrons. The number of methoxy groups -OCH3 is 1. The van der Waals surface area contributed by atoms with Crippen LogP contribution in [0.5, 0.6) is 23.0 Å². The number of rotatable bonds is 10. The lowest BCUT2D eigenvalue weighted by atomic mass is 10.1. The number of thioether (sulfide) groups is 1. The summed E-state index contributed by atoms with van der Waals surface area (Å²) in [5.74, 6) is 1.84. The number of amidine groups is 2. The first-order valence-corrected chi connectivity index (χ1v) is 12.9. The highest BCUT2D eigenvalue weighted by Gasteiger charge is 2.36. The average molecular weight is 543 g/mol. The van der Waals surface area contributed by atoms with Crippen molar-refractivity contribution < 1.29 is 23.7 Å². The fourth-order valence-corrected chi connectivity index (χ4v) is 4.62. The van der Waals surface area contributed by atoms with Crippen molar-refractivity contribution in [3.8, 4) is 23.0 Å². The van der Waals surface area contributed by atoms with Gasteiger partial charge in [0.15, 0.2) is 17.3 Å². The summed E-state index contributed by atoms with van der Waals surface area (Å²) >= 11 is 7.85. The van der Waals surface area contributed by atoms with Crippen molar-refractivity contribution in [3.63, 3.8) is 0 Å². The summed E-state index contributed by atoms with van der Waals surface area (Å²) in [6.45, 7) is 6.75. The van der Waals surface area contributed by atoms with Crippen LogP contribution in [0.4, 0.5) is 0 Å². The first kappa shape index (κ1) is 26.6. The van der Waals surface area contributed by atoms with Crippen LogP contribution in [0.1, 0.15) is 26.3 Å². The number of nitrogens with one attached hydrogen (secondary N) is 1. The summed E-state index contributed by atoms with van der Waals surface area (Å²) < 4.78 is 22.5. The Kier molecular flexibility index (Phi) is 8.40. The standard InChI is InChI=1S/C26H27ClN4O5S/c1-5-34-21-14-16(12-19-23(28)31-26(29-24(19)32)37-25(30-31)15(2)3)13-20(27)22(21)36-11-10-35-18-8-6-17(33-4)7-9-18/h6-9,12-15,28H,5,10-11H2,1-4H3/b19-12+,28-23?. The third-order valence-corrected chi connectivity index (χ3v) is 6.75. The summed E-state index contributed by atoms with van der Waals surface area (Å²) in [6, 6.07) is 10.6. The molecule has 0 bridgehead atoms. The zero-order valence-corrected chi connectivity index (χ0v) is 22.5. The van der Waals surface area contributed by atoms with Crippen molar-refractivity contribution in [2.45, 2.75) is 20.8 Å². The van der Waals surface area contributed by atoms with Gasteiger partial charge in [0.2, 0.25) is 5.17 Å². The van der Waals surface area contributed by atoms with Gasteiger partial charge < -0.3 is 18.9 Å². The molecule has 9 nitrogen and oxygen atoms in total. The van der Waals surface area contributed by atoms with Gasteiger partial charge in [-0.2, -0.15) is 15.1 Å². The molecule has 2 aromatic carbocycles. The lowest BCUT2D eigenvalue weighted by Gasteiger charge is -2.20. The highest BCUT2D eigenvalue weighted by molar-refractivity contribution is 8.27. The summed E-state index contributed by atoms with van der Waals surface area (Å²) in [5.41, 5.74) is 0.681. The van der Waals surface area contributed by atoms with E-state index in [2.05, 4.69) is 10.1 Å². The van der Waals surface area contributed by atoms with Crippen LogP contribution < -0.4 is 18.9 Å². The van der Waals surface area contributed by atoms with E-state index in [4.69, 9.17) is 36.0 Å². The molecule has 0 atom stereocenters. The second kappa shape index (κ2) is 11.7. The quantitative estimate of drug-likeness (QED) is 0.313. The molecule has 37 heavy (non-hydrogen) atoms. The third-order valence-electron chi connectivity index (χ3n) is 5.26. The van der Waals surface area contributed by atoms with Crippen LogP contribution in [0.25, 0.3) is 6.08 Å². The number of halogens is 1. The van der Waals surface area contributed by atoms with Crippen LogP contribution in [-0.4, -0.2) is 53.9 Å². The number of ether oxygens (including phenoxy) is 4. The molecule has 0 radical (unpaired) electrons. The number of carbonyl (C=O) groups excluding carboxylic acids is 1. The Morgan fingerprint density at radius 2 is 1.81 bits per heavy atom. The molecule has 1 N–H and O–H groups in total. The largest absolute Gasteiger partial charge is 0.497 e. The van der Waals surface area contributed by atoms with Crippen molar-refractivity contribution in [2.75, 3.05) is 26.9 Å². The predicted molar refractivity (Wildman–Crippen MR) is 146 cm³/mol. The SMILES string of the molecule is CCOc1cc(/C=C2\C(=N)N3N=C(C(C)C)SC3=NC2=O)cc(Cl)c1OCCOc1ccc(OC)cc1. The molecule has 4 rings (SSSR count). The summed E-state index contributed by atoms with van der Waals surface area (Å²) in [7, 11) is 1.61. The summed E-state index contributed by atoms with van der Waals surface area (Å²) in [6.07, 6.45) is 1.56. The number of hydrazone groups is 1. The normalized spacial score (nSPS) is 16.1. The van der Waals surface area contributed by atoms with Crippen molar-refractivity contribution >= 4 is 51.4 Å². The van der Waals surface area contributed by atoms with E-state index in [1.165, 1.54) is 16.8 Å². The topological polar surface area (TPSA) is 106 Å². The van der Waals surface area contributed by atoms with E-state index in [9.17, 15) is 4.79 Å². The van der Waals surface area contributed by atoms with Gasteiger partial charge >= 0.3 is 0 Å². The molecular formula is C26H27ClN4O5S. The first-order chi connectivity index (χ1) is 17.8. The van der Waals surface area contributed by atoms with E-state index in [0.717, 1.165) is 10.8 Å². The van der Waals surface area contributed by atoms with Gasteiger partial charge in [-0.25, -0.2) is 0 Å². The highest BCUT2D eigenvalue weighted by Crippen LogP contribution is 2.38. The highest BCUT2D eigenvalue weighted by atomic mass is 35.5. The van der Waals surface area contributed by atoms with Gasteiger partial charge in [0.05, 0.1) is 24.3 Å². The predicted octanol–water partition coefficient (Wildman–Crippen LogP) is 5.48. The molecule has 0 saturated carbocycles. The second-order valence-electron chi connectivity index (χ2n) is 8.25. The van der Waals surface area contributed by atoms with Crippen molar-refractivity contribution in [1.29, 1.82) is 5.41 Å². The van der Waals surface area contributed by atoms with Gasteiger partial charge in [-0.1, -0.05) is 25.4 Å². The molecule has 1 amide bonds. The molecule has 2 aliphatic heterocycles.